The minimum absolute atomic E-state index is 0.0829. The lowest BCUT2D eigenvalue weighted by Crippen LogP contribution is -2.42. The molecule has 0 saturated carbocycles. The summed E-state index contributed by atoms with van der Waals surface area (Å²) in [6.45, 7) is 4.78. The number of nitrogens with zero attached hydrogens (tertiary/aromatic N) is 2. The molecule has 3 amide bonds. The SMILES string of the molecule is CCOc1c2c(c(OCC)c3ccccc13)C(=O)N(c1ccc(C(F)(F)CN(Cl)C(=O)NS(=O)(=O)c3ccccc3)cc1C)C2. The topological polar surface area (TPSA) is 105 Å². The summed E-state index contributed by atoms with van der Waals surface area (Å²) >= 11 is 5.83. The number of halogens is 3. The van der Waals surface area contributed by atoms with Gasteiger partial charge in [0.1, 0.15) is 18.0 Å². The summed E-state index contributed by atoms with van der Waals surface area (Å²) in [6, 6.07) is 16.8. The van der Waals surface area contributed by atoms with Gasteiger partial charge in [-0.2, -0.15) is 8.78 Å². The molecule has 0 unspecified atom stereocenters. The number of nitrogens with one attached hydrogen (secondary N) is 1. The van der Waals surface area contributed by atoms with Crippen LogP contribution in [0, 0.1) is 6.92 Å². The van der Waals surface area contributed by atoms with E-state index >= 15 is 8.78 Å². The molecule has 236 valence electrons. The number of carbonyl (C=O) groups excluding carboxylic acids is 2. The average molecular weight is 658 g/mol. The molecule has 0 aliphatic carbocycles. The van der Waals surface area contributed by atoms with Gasteiger partial charge in [0, 0.05) is 39.4 Å². The molecule has 5 rings (SSSR count). The minimum atomic E-state index is -4.33. The second-order valence-electron chi connectivity index (χ2n) is 10.3. The van der Waals surface area contributed by atoms with Crippen molar-refractivity contribution in [1.82, 2.24) is 9.14 Å². The number of hydrogen-bond donors (Lipinski definition) is 1. The van der Waals surface area contributed by atoms with Crippen molar-refractivity contribution in [1.29, 1.82) is 0 Å². The highest BCUT2D eigenvalue weighted by Crippen LogP contribution is 2.46. The van der Waals surface area contributed by atoms with Gasteiger partial charge in [-0.15, -0.1) is 0 Å². The van der Waals surface area contributed by atoms with E-state index in [-0.39, 0.29) is 21.8 Å². The van der Waals surface area contributed by atoms with Gasteiger partial charge < -0.3 is 14.4 Å². The number of fused-ring (bicyclic) bond motifs is 2. The van der Waals surface area contributed by atoms with Crippen molar-refractivity contribution in [2.45, 2.75) is 38.1 Å². The number of rotatable bonds is 10. The maximum absolute atomic E-state index is 15.4. The predicted octanol–water partition coefficient (Wildman–Crippen LogP) is 6.75. The lowest BCUT2D eigenvalue weighted by Gasteiger charge is -2.24. The van der Waals surface area contributed by atoms with Crippen LogP contribution in [-0.2, 0) is 22.5 Å². The van der Waals surface area contributed by atoms with E-state index in [1.807, 2.05) is 38.1 Å². The maximum Gasteiger partial charge on any atom is 0.346 e. The standard InChI is InChI=1S/C32H30ClF2N3O6S/c1-4-43-28-23-13-9-10-14-24(23)29(44-5-2)27-25(28)18-37(30(27)39)26-16-15-21(17-20(26)3)32(34,35)19-38(33)31(40)36-45(41,42)22-11-7-6-8-12-22/h6-17H,4-5,18-19H2,1-3H3,(H,36,40). The summed E-state index contributed by atoms with van der Waals surface area (Å²) in [5, 5.41) is 1.53. The van der Waals surface area contributed by atoms with E-state index in [0.717, 1.165) is 16.8 Å². The second-order valence-corrected chi connectivity index (χ2v) is 12.4. The van der Waals surface area contributed by atoms with E-state index in [9.17, 15) is 18.0 Å². The van der Waals surface area contributed by atoms with Crippen LogP contribution in [0.3, 0.4) is 0 Å². The fraction of sp³-hybridized carbons (Fsp3) is 0.250. The molecule has 4 aromatic rings. The normalized spacial score (nSPS) is 13.1. The quantitative estimate of drug-likeness (QED) is 0.189. The third kappa shape index (κ3) is 6.12. The Balaban J connectivity index is 1.40. The van der Waals surface area contributed by atoms with Crippen LogP contribution < -0.4 is 19.1 Å². The molecule has 1 aliphatic rings. The highest BCUT2D eigenvalue weighted by molar-refractivity contribution is 7.90. The predicted molar refractivity (Wildman–Crippen MR) is 167 cm³/mol. The van der Waals surface area contributed by atoms with Crippen LogP contribution in [0.15, 0.2) is 77.7 Å². The molecular weight excluding hydrogens is 628 g/mol. The number of benzene rings is 4. The van der Waals surface area contributed by atoms with Crippen molar-refractivity contribution in [2.24, 2.45) is 0 Å². The van der Waals surface area contributed by atoms with Crippen LogP contribution in [0.4, 0.5) is 19.3 Å². The van der Waals surface area contributed by atoms with E-state index in [4.69, 9.17) is 21.3 Å². The zero-order valence-corrected chi connectivity index (χ0v) is 26.2. The van der Waals surface area contributed by atoms with Crippen LogP contribution in [0.5, 0.6) is 11.5 Å². The summed E-state index contributed by atoms with van der Waals surface area (Å²) in [4.78, 5) is 27.6. The van der Waals surface area contributed by atoms with Crippen molar-refractivity contribution >= 4 is 50.2 Å². The van der Waals surface area contributed by atoms with E-state index in [2.05, 4.69) is 0 Å². The first kappa shape index (κ1) is 32.0. The minimum Gasteiger partial charge on any atom is -0.493 e. The van der Waals surface area contributed by atoms with Crippen molar-refractivity contribution < 1.29 is 36.3 Å². The molecule has 0 fully saturated rings. The molecule has 1 N–H and O–H groups in total. The van der Waals surface area contributed by atoms with Gasteiger partial charge in [0.05, 0.1) is 30.2 Å². The highest BCUT2D eigenvalue weighted by atomic mass is 35.5. The van der Waals surface area contributed by atoms with Gasteiger partial charge in [0.15, 0.2) is 0 Å². The monoisotopic (exact) mass is 657 g/mol. The van der Waals surface area contributed by atoms with Crippen molar-refractivity contribution in [3.8, 4) is 11.5 Å². The first-order valence-corrected chi connectivity index (χ1v) is 15.9. The molecule has 0 radical (unpaired) electrons. The molecule has 0 bridgehead atoms. The third-order valence-electron chi connectivity index (χ3n) is 7.31. The Morgan fingerprint density at radius 1 is 0.978 bits per heavy atom. The molecule has 0 saturated heterocycles. The number of hydrogen-bond acceptors (Lipinski definition) is 6. The number of anilines is 1. The largest absolute Gasteiger partial charge is 0.493 e. The zero-order valence-electron chi connectivity index (χ0n) is 24.6. The Hall–Kier alpha value is -4.42. The molecular formula is C32H30ClF2N3O6S. The van der Waals surface area contributed by atoms with E-state index in [0.29, 0.717) is 47.1 Å². The Morgan fingerprint density at radius 3 is 2.20 bits per heavy atom. The van der Waals surface area contributed by atoms with Gasteiger partial charge in [0.25, 0.3) is 21.9 Å². The number of carbonyl (C=O) groups is 2. The van der Waals surface area contributed by atoms with Gasteiger partial charge in [-0.25, -0.2) is 22.4 Å². The van der Waals surface area contributed by atoms with Crippen molar-refractivity contribution in [3.05, 3.63) is 95.1 Å². The lowest BCUT2D eigenvalue weighted by atomic mass is 9.99. The van der Waals surface area contributed by atoms with Gasteiger partial charge in [0.2, 0.25) is 0 Å². The number of amides is 3. The number of alkyl halides is 2. The second kappa shape index (κ2) is 12.5. The third-order valence-corrected chi connectivity index (χ3v) is 8.92. The fourth-order valence-electron chi connectivity index (χ4n) is 5.31. The molecule has 1 heterocycles. The Bertz CT molecular complexity index is 1890. The molecule has 0 spiro atoms. The highest BCUT2D eigenvalue weighted by Gasteiger charge is 2.40. The summed E-state index contributed by atoms with van der Waals surface area (Å²) in [6.07, 6.45) is 0. The lowest BCUT2D eigenvalue weighted by molar-refractivity contribution is -0.0145. The van der Waals surface area contributed by atoms with Crippen LogP contribution >= 0.6 is 11.8 Å². The fourth-order valence-corrected chi connectivity index (χ4v) is 6.53. The Morgan fingerprint density at radius 2 is 1.58 bits per heavy atom. The molecule has 4 aromatic carbocycles. The number of sulfonamides is 1. The number of urea groups is 1. The number of aryl methyl sites for hydroxylation is 1. The molecule has 45 heavy (non-hydrogen) atoms. The zero-order chi connectivity index (χ0) is 32.5. The van der Waals surface area contributed by atoms with Crippen LogP contribution in [-0.4, -0.2) is 44.5 Å². The van der Waals surface area contributed by atoms with Crippen LogP contribution in [0.1, 0.15) is 40.9 Å². The van der Waals surface area contributed by atoms with Gasteiger partial charge >= 0.3 is 6.03 Å². The summed E-state index contributed by atoms with van der Waals surface area (Å²) in [5.41, 5.74) is 1.30. The molecule has 0 atom stereocenters. The van der Waals surface area contributed by atoms with Gasteiger partial charge in [-0.3, -0.25) is 4.79 Å². The van der Waals surface area contributed by atoms with Crippen molar-refractivity contribution in [2.75, 3.05) is 24.7 Å². The van der Waals surface area contributed by atoms with Crippen LogP contribution in [0.2, 0.25) is 0 Å². The van der Waals surface area contributed by atoms with Crippen LogP contribution in [0.25, 0.3) is 10.8 Å². The molecule has 9 nitrogen and oxygen atoms in total. The Kier molecular flexibility index (Phi) is 8.90. The van der Waals surface area contributed by atoms with Gasteiger partial charge in [-0.05, 0) is 50.6 Å². The van der Waals surface area contributed by atoms with E-state index < -0.39 is 34.1 Å². The summed E-state index contributed by atoms with van der Waals surface area (Å²) in [7, 11) is -4.33. The first-order chi connectivity index (χ1) is 21.4. The molecule has 13 heteroatoms. The van der Waals surface area contributed by atoms with Crippen molar-refractivity contribution in [3.63, 3.8) is 0 Å². The van der Waals surface area contributed by atoms with E-state index in [1.54, 1.807) is 17.7 Å². The maximum atomic E-state index is 15.4. The summed E-state index contributed by atoms with van der Waals surface area (Å²) in [5.74, 6) is -3.02. The summed E-state index contributed by atoms with van der Waals surface area (Å²) < 4.78 is 69.3. The Labute approximate surface area is 264 Å². The van der Waals surface area contributed by atoms with E-state index in [1.165, 1.54) is 41.3 Å². The number of ether oxygens (including phenoxy) is 2. The molecule has 0 aromatic heterocycles. The molecule has 1 aliphatic heterocycles. The smallest absolute Gasteiger partial charge is 0.346 e. The van der Waals surface area contributed by atoms with Gasteiger partial charge in [-0.1, -0.05) is 48.5 Å². The first-order valence-electron chi connectivity index (χ1n) is 14.1. The average Bonchev–Trinajstić information content (AvgIpc) is 3.35.